The van der Waals surface area contributed by atoms with Crippen LogP contribution in [0.3, 0.4) is 0 Å². The van der Waals surface area contributed by atoms with Crippen LogP contribution in [0.25, 0.3) is 0 Å². The fourth-order valence-electron chi connectivity index (χ4n) is 3.28. The van der Waals surface area contributed by atoms with Crippen molar-refractivity contribution in [2.75, 3.05) is 22.6 Å². The zero-order chi connectivity index (χ0) is 21.0. The highest BCUT2D eigenvalue weighted by atomic mass is 32.2. The van der Waals surface area contributed by atoms with E-state index in [1.54, 1.807) is 11.8 Å². The minimum Gasteiger partial charge on any atom is -0.494 e. The van der Waals surface area contributed by atoms with Crippen molar-refractivity contribution in [2.45, 2.75) is 39.5 Å². The fourth-order valence-corrected chi connectivity index (χ4v) is 4.44. The lowest BCUT2D eigenvalue weighted by atomic mass is 9.92. The van der Waals surface area contributed by atoms with Gasteiger partial charge < -0.3 is 10.1 Å². The lowest BCUT2D eigenvalue weighted by Gasteiger charge is -2.25. The molecule has 5 nitrogen and oxygen atoms in total. The van der Waals surface area contributed by atoms with Crippen molar-refractivity contribution < 1.29 is 14.3 Å². The Morgan fingerprint density at radius 2 is 1.93 bits per heavy atom. The second kappa shape index (κ2) is 8.91. The molecule has 2 aromatic carbocycles. The number of benzene rings is 2. The SMILES string of the molecule is CCOc1ccc(N2C(=O)CS[C@H]2c2cccc(NC(=O)CC(C)(C)C)c2)cc1. The number of amides is 2. The Labute approximate surface area is 176 Å². The monoisotopic (exact) mass is 412 g/mol. The second-order valence-electron chi connectivity index (χ2n) is 8.27. The summed E-state index contributed by atoms with van der Waals surface area (Å²) < 4.78 is 5.50. The summed E-state index contributed by atoms with van der Waals surface area (Å²) in [7, 11) is 0. The third kappa shape index (κ3) is 5.54. The van der Waals surface area contributed by atoms with Crippen molar-refractivity contribution in [1.82, 2.24) is 0 Å². The van der Waals surface area contributed by atoms with Crippen LogP contribution in [0.4, 0.5) is 11.4 Å². The molecule has 154 valence electrons. The Balaban J connectivity index is 1.79. The Kier molecular flexibility index (Phi) is 6.52. The van der Waals surface area contributed by atoms with Crippen molar-refractivity contribution in [3.8, 4) is 5.75 Å². The van der Waals surface area contributed by atoms with Gasteiger partial charge in [-0.2, -0.15) is 0 Å². The smallest absolute Gasteiger partial charge is 0.238 e. The molecule has 2 amide bonds. The molecule has 0 radical (unpaired) electrons. The topological polar surface area (TPSA) is 58.6 Å². The number of anilines is 2. The molecule has 0 saturated carbocycles. The van der Waals surface area contributed by atoms with Gasteiger partial charge in [0.05, 0.1) is 12.4 Å². The van der Waals surface area contributed by atoms with E-state index in [1.807, 2.05) is 81.1 Å². The molecule has 1 heterocycles. The molecule has 0 unspecified atom stereocenters. The van der Waals surface area contributed by atoms with E-state index in [1.165, 1.54) is 0 Å². The van der Waals surface area contributed by atoms with E-state index in [0.717, 1.165) is 22.7 Å². The molecular weight excluding hydrogens is 384 g/mol. The van der Waals surface area contributed by atoms with Crippen LogP contribution in [-0.4, -0.2) is 24.2 Å². The van der Waals surface area contributed by atoms with Crippen molar-refractivity contribution in [1.29, 1.82) is 0 Å². The fraction of sp³-hybridized carbons (Fsp3) is 0.391. The van der Waals surface area contributed by atoms with Crippen molar-refractivity contribution in [3.63, 3.8) is 0 Å². The molecule has 0 aromatic heterocycles. The molecule has 1 saturated heterocycles. The average Bonchev–Trinajstić information content (AvgIpc) is 3.03. The van der Waals surface area contributed by atoms with Gasteiger partial charge in [-0.3, -0.25) is 14.5 Å². The predicted octanol–water partition coefficient (Wildman–Crippen LogP) is 5.24. The highest BCUT2D eigenvalue weighted by Gasteiger charge is 2.34. The highest BCUT2D eigenvalue weighted by molar-refractivity contribution is 8.00. The summed E-state index contributed by atoms with van der Waals surface area (Å²) in [5.74, 6) is 1.29. The maximum atomic E-state index is 12.6. The van der Waals surface area contributed by atoms with Crippen LogP contribution in [0.15, 0.2) is 48.5 Å². The van der Waals surface area contributed by atoms with Gasteiger partial charge in [0.1, 0.15) is 11.1 Å². The summed E-state index contributed by atoms with van der Waals surface area (Å²) in [4.78, 5) is 26.7. The number of carbonyl (C=O) groups excluding carboxylic acids is 2. The molecule has 29 heavy (non-hydrogen) atoms. The number of hydrogen-bond acceptors (Lipinski definition) is 4. The van der Waals surface area contributed by atoms with Crippen molar-refractivity contribution in [2.24, 2.45) is 5.41 Å². The van der Waals surface area contributed by atoms with Gasteiger partial charge >= 0.3 is 0 Å². The summed E-state index contributed by atoms with van der Waals surface area (Å²) >= 11 is 1.59. The number of carbonyl (C=O) groups is 2. The summed E-state index contributed by atoms with van der Waals surface area (Å²) in [6.45, 7) is 8.67. The molecular formula is C23H28N2O3S. The lowest BCUT2D eigenvalue weighted by molar-refractivity contribution is -0.118. The quantitative estimate of drug-likeness (QED) is 0.705. The van der Waals surface area contributed by atoms with Crippen LogP contribution in [0.1, 0.15) is 45.1 Å². The number of nitrogens with zero attached hydrogens (tertiary/aromatic N) is 1. The first-order valence-corrected chi connectivity index (χ1v) is 10.9. The van der Waals surface area contributed by atoms with E-state index >= 15 is 0 Å². The molecule has 0 bridgehead atoms. The van der Waals surface area contributed by atoms with E-state index in [-0.39, 0.29) is 22.6 Å². The van der Waals surface area contributed by atoms with Crippen LogP contribution in [0.5, 0.6) is 5.75 Å². The summed E-state index contributed by atoms with van der Waals surface area (Å²) in [5, 5.41) is 2.86. The largest absolute Gasteiger partial charge is 0.494 e. The van der Waals surface area contributed by atoms with Crippen LogP contribution in [0.2, 0.25) is 0 Å². The average molecular weight is 413 g/mol. The van der Waals surface area contributed by atoms with E-state index in [0.29, 0.717) is 18.8 Å². The second-order valence-corrected chi connectivity index (χ2v) is 9.33. The molecule has 1 fully saturated rings. The van der Waals surface area contributed by atoms with Gasteiger partial charge in [0, 0.05) is 17.8 Å². The highest BCUT2D eigenvalue weighted by Crippen LogP contribution is 2.42. The minimum atomic E-state index is -0.125. The standard InChI is InChI=1S/C23H28N2O3S/c1-5-28-19-11-9-18(10-12-19)25-21(27)15-29-22(25)16-7-6-8-17(13-16)24-20(26)14-23(2,3)4/h6-13,22H,5,14-15H2,1-4H3,(H,24,26)/t22-/m0/s1. The predicted molar refractivity (Wildman–Crippen MR) is 119 cm³/mol. The van der Waals surface area contributed by atoms with Crippen molar-refractivity contribution >= 4 is 35.0 Å². The van der Waals surface area contributed by atoms with Crippen LogP contribution in [0, 0.1) is 5.41 Å². The molecule has 3 rings (SSSR count). The van der Waals surface area contributed by atoms with Gasteiger partial charge in [-0.05, 0) is 54.3 Å². The number of rotatable bonds is 6. The molecule has 1 N–H and O–H groups in total. The zero-order valence-electron chi connectivity index (χ0n) is 17.4. The Bertz CT molecular complexity index is 874. The number of thioether (sulfide) groups is 1. The Morgan fingerprint density at radius 3 is 2.59 bits per heavy atom. The van der Waals surface area contributed by atoms with Gasteiger partial charge in [-0.15, -0.1) is 11.8 Å². The third-order valence-electron chi connectivity index (χ3n) is 4.44. The summed E-state index contributed by atoms with van der Waals surface area (Å²) in [6, 6.07) is 15.3. The van der Waals surface area contributed by atoms with Crippen molar-refractivity contribution in [3.05, 3.63) is 54.1 Å². The maximum absolute atomic E-state index is 12.6. The maximum Gasteiger partial charge on any atom is 0.238 e. The first-order chi connectivity index (χ1) is 13.8. The minimum absolute atomic E-state index is 0.00632. The zero-order valence-corrected chi connectivity index (χ0v) is 18.2. The Morgan fingerprint density at radius 1 is 1.21 bits per heavy atom. The van der Waals surface area contributed by atoms with Crippen LogP contribution >= 0.6 is 11.8 Å². The molecule has 6 heteroatoms. The van der Waals surface area contributed by atoms with Gasteiger partial charge in [0.15, 0.2) is 0 Å². The molecule has 1 aliphatic heterocycles. The van der Waals surface area contributed by atoms with Crippen LogP contribution in [-0.2, 0) is 9.59 Å². The van der Waals surface area contributed by atoms with E-state index < -0.39 is 0 Å². The lowest BCUT2D eigenvalue weighted by Crippen LogP contribution is -2.27. The number of nitrogens with one attached hydrogen (secondary N) is 1. The summed E-state index contributed by atoms with van der Waals surface area (Å²) in [5.41, 5.74) is 2.52. The molecule has 0 aliphatic carbocycles. The van der Waals surface area contributed by atoms with Crippen LogP contribution < -0.4 is 15.0 Å². The van der Waals surface area contributed by atoms with Gasteiger partial charge in [0.25, 0.3) is 0 Å². The first kappa shape index (κ1) is 21.2. The molecule has 2 aromatic rings. The third-order valence-corrected chi connectivity index (χ3v) is 5.65. The Hall–Kier alpha value is -2.47. The van der Waals surface area contributed by atoms with E-state index in [2.05, 4.69) is 5.32 Å². The van der Waals surface area contributed by atoms with Gasteiger partial charge in [0.2, 0.25) is 11.8 Å². The number of ether oxygens (including phenoxy) is 1. The normalized spacial score (nSPS) is 16.8. The first-order valence-electron chi connectivity index (χ1n) is 9.83. The molecule has 1 aliphatic rings. The molecule has 1 atom stereocenters. The van der Waals surface area contributed by atoms with Gasteiger partial charge in [-0.1, -0.05) is 32.9 Å². The molecule has 0 spiro atoms. The van der Waals surface area contributed by atoms with Gasteiger partial charge in [-0.25, -0.2) is 0 Å². The van der Waals surface area contributed by atoms with E-state index in [4.69, 9.17) is 4.74 Å². The van der Waals surface area contributed by atoms with E-state index in [9.17, 15) is 9.59 Å². The summed E-state index contributed by atoms with van der Waals surface area (Å²) in [6.07, 6.45) is 0.451. The number of hydrogen-bond donors (Lipinski definition) is 1.